The summed E-state index contributed by atoms with van der Waals surface area (Å²) in [7, 11) is 0. The number of piperidine rings is 1. The molecule has 1 saturated heterocycles. The van der Waals surface area contributed by atoms with Crippen molar-refractivity contribution in [2.24, 2.45) is 5.92 Å². The van der Waals surface area contributed by atoms with Crippen LogP contribution in [0.1, 0.15) is 30.1 Å². The summed E-state index contributed by atoms with van der Waals surface area (Å²) in [5, 5.41) is 3.44. The second-order valence-electron chi connectivity index (χ2n) is 6.01. The van der Waals surface area contributed by atoms with Crippen molar-refractivity contribution in [3.05, 3.63) is 65.5 Å². The second-order valence-corrected chi connectivity index (χ2v) is 6.01. The van der Waals surface area contributed by atoms with Crippen LogP contribution in [-0.4, -0.2) is 13.1 Å². The molecule has 2 atom stereocenters. The van der Waals surface area contributed by atoms with Gasteiger partial charge in [0, 0.05) is 12.5 Å². The van der Waals surface area contributed by atoms with E-state index in [0.717, 1.165) is 37.2 Å². The minimum Gasteiger partial charge on any atom is -0.485 e. The van der Waals surface area contributed by atoms with E-state index >= 15 is 0 Å². The minimum atomic E-state index is -0.209. The van der Waals surface area contributed by atoms with Crippen LogP contribution in [-0.2, 0) is 0 Å². The monoisotopic (exact) mass is 299 g/mol. The highest BCUT2D eigenvalue weighted by Crippen LogP contribution is 2.32. The van der Waals surface area contributed by atoms with Gasteiger partial charge in [-0.05, 0) is 56.1 Å². The van der Waals surface area contributed by atoms with Gasteiger partial charge in [-0.3, -0.25) is 0 Å². The fraction of sp³-hybridized carbons (Fsp3) is 0.368. The molecule has 2 aromatic rings. The Labute approximate surface area is 131 Å². The lowest BCUT2D eigenvalue weighted by Gasteiger charge is -2.31. The summed E-state index contributed by atoms with van der Waals surface area (Å²) < 4.78 is 19.5. The van der Waals surface area contributed by atoms with Gasteiger partial charge in [0.2, 0.25) is 0 Å². The lowest BCUT2D eigenvalue weighted by Crippen LogP contribution is -2.35. The van der Waals surface area contributed by atoms with Crippen LogP contribution in [0.15, 0.2) is 48.5 Å². The average Bonchev–Trinajstić information content (AvgIpc) is 2.56. The number of hydrogen-bond acceptors (Lipinski definition) is 2. The van der Waals surface area contributed by atoms with Crippen molar-refractivity contribution in [3.63, 3.8) is 0 Å². The molecule has 2 aromatic carbocycles. The number of nitrogens with one attached hydrogen (secondary N) is 1. The lowest BCUT2D eigenvalue weighted by atomic mass is 9.89. The molecule has 2 nitrogen and oxygen atoms in total. The molecular weight excluding hydrogens is 277 g/mol. The highest BCUT2D eigenvalue weighted by molar-refractivity contribution is 5.28. The fourth-order valence-electron chi connectivity index (χ4n) is 2.99. The average molecular weight is 299 g/mol. The molecule has 0 radical (unpaired) electrons. The number of ether oxygens (including phenoxy) is 1. The molecule has 0 aliphatic carbocycles. The Balaban J connectivity index is 1.84. The van der Waals surface area contributed by atoms with Gasteiger partial charge in [-0.15, -0.1) is 0 Å². The maximum absolute atomic E-state index is 13.2. The number of halogens is 1. The van der Waals surface area contributed by atoms with Crippen LogP contribution in [0.4, 0.5) is 4.39 Å². The maximum Gasteiger partial charge on any atom is 0.128 e. The molecule has 116 valence electrons. The molecule has 1 heterocycles. The van der Waals surface area contributed by atoms with Crippen molar-refractivity contribution in [1.29, 1.82) is 0 Å². The van der Waals surface area contributed by atoms with Crippen molar-refractivity contribution < 1.29 is 9.13 Å². The van der Waals surface area contributed by atoms with Crippen LogP contribution in [0.2, 0.25) is 0 Å². The first kappa shape index (κ1) is 15.0. The molecule has 2 unspecified atom stereocenters. The smallest absolute Gasteiger partial charge is 0.128 e. The second kappa shape index (κ2) is 6.93. The van der Waals surface area contributed by atoms with Crippen molar-refractivity contribution in [1.82, 2.24) is 5.32 Å². The Morgan fingerprint density at radius 3 is 2.45 bits per heavy atom. The van der Waals surface area contributed by atoms with Gasteiger partial charge in [0.1, 0.15) is 17.7 Å². The fourth-order valence-corrected chi connectivity index (χ4v) is 2.99. The third-order valence-electron chi connectivity index (χ3n) is 4.25. The van der Waals surface area contributed by atoms with Crippen molar-refractivity contribution >= 4 is 0 Å². The van der Waals surface area contributed by atoms with Gasteiger partial charge in [-0.1, -0.05) is 29.8 Å². The first-order chi connectivity index (χ1) is 10.7. The third kappa shape index (κ3) is 3.66. The van der Waals surface area contributed by atoms with Gasteiger partial charge >= 0.3 is 0 Å². The van der Waals surface area contributed by atoms with E-state index in [1.54, 1.807) is 0 Å². The quantitative estimate of drug-likeness (QED) is 0.911. The van der Waals surface area contributed by atoms with E-state index < -0.39 is 0 Å². The summed E-state index contributed by atoms with van der Waals surface area (Å²) in [6, 6.07) is 14.8. The van der Waals surface area contributed by atoms with Gasteiger partial charge in [0.05, 0.1) is 0 Å². The van der Waals surface area contributed by atoms with Crippen molar-refractivity contribution in [2.45, 2.75) is 25.9 Å². The zero-order valence-electron chi connectivity index (χ0n) is 12.9. The van der Waals surface area contributed by atoms with E-state index in [4.69, 9.17) is 4.74 Å². The summed E-state index contributed by atoms with van der Waals surface area (Å²) in [6.45, 7) is 4.07. The number of rotatable bonds is 4. The van der Waals surface area contributed by atoms with Crippen LogP contribution >= 0.6 is 0 Å². The van der Waals surface area contributed by atoms with E-state index in [1.807, 2.05) is 24.3 Å². The van der Waals surface area contributed by atoms with Crippen LogP contribution in [0.25, 0.3) is 0 Å². The van der Waals surface area contributed by atoms with E-state index in [-0.39, 0.29) is 11.9 Å². The Morgan fingerprint density at radius 2 is 1.82 bits per heavy atom. The molecule has 1 aliphatic heterocycles. The molecule has 3 heteroatoms. The van der Waals surface area contributed by atoms with Crippen LogP contribution in [0, 0.1) is 18.7 Å². The van der Waals surface area contributed by atoms with Crippen molar-refractivity contribution in [2.75, 3.05) is 13.1 Å². The van der Waals surface area contributed by atoms with Gasteiger partial charge < -0.3 is 10.1 Å². The summed E-state index contributed by atoms with van der Waals surface area (Å²) in [6.07, 6.45) is 2.23. The lowest BCUT2D eigenvalue weighted by molar-refractivity contribution is 0.116. The number of benzene rings is 2. The van der Waals surface area contributed by atoms with E-state index in [2.05, 4.69) is 24.4 Å². The topological polar surface area (TPSA) is 21.3 Å². The molecule has 0 spiro atoms. The highest BCUT2D eigenvalue weighted by atomic mass is 19.1. The highest BCUT2D eigenvalue weighted by Gasteiger charge is 2.26. The van der Waals surface area contributed by atoms with Crippen LogP contribution < -0.4 is 10.1 Å². The minimum absolute atomic E-state index is 0.0453. The summed E-state index contributed by atoms with van der Waals surface area (Å²) >= 11 is 0. The first-order valence-corrected chi connectivity index (χ1v) is 7.92. The molecule has 0 amide bonds. The summed E-state index contributed by atoms with van der Waals surface area (Å²) in [5.41, 5.74) is 2.25. The molecule has 1 aliphatic rings. The zero-order valence-corrected chi connectivity index (χ0v) is 12.9. The Hall–Kier alpha value is -1.87. The summed E-state index contributed by atoms with van der Waals surface area (Å²) in [4.78, 5) is 0. The van der Waals surface area contributed by atoms with Gasteiger partial charge in [0.25, 0.3) is 0 Å². The number of hydrogen-bond donors (Lipinski definition) is 1. The van der Waals surface area contributed by atoms with Gasteiger partial charge in [-0.25, -0.2) is 4.39 Å². The predicted octanol–water partition coefficient (Wildman–Crippen LogP) is 4.25. The Kier molecular flexibility index (Phi) is 4.74. The van der Waals surface area contributed by atoms with E-state index in [0.29, 0.717) is 5.92 Å². The SMILES string of the molecule is Cc1ccc(OC(c2ccc(F)cc2)C2CCCNC2)cc1. The normalized spacial score (nSPS) is 19.6. The largest absolute Gasteiger partial charge is 0.485 e. The van der Waals surface area contributed by atoms with Gasteiger partial charge in [-0.2, -0.15) is 0 Å². The molecule has 22 heavy (non-hydrogen) atoms. The zero-order chi connectivity index (χ0) is 15.4. The molecule has 0 saturated carbocycles. The maximum atomic E-state index is 13.2. The molecule has 1 fully saturated rings. The Morgan fingerprint density at radius 1 is 1.09 bits per heavy atom. The standard InChI is InChI=1S/C19H22FNO/c1-14-4-10-18(11-5-14)22-19(16-3-2-12-21-13-16)15-6-8-17(20)9-7-15/h4-11,16,19,21H,2-3,12-13H2,1H3. The molecule has 3 rings (SSSR count). The van der Waals surface area contributed by atoms with Crippen LogP contribution in [0.3, 0.4) is 0 Å². The molecule has 0 bridgehead atoms. The molecular formula is C19H22FNO. The molecule has 1 N–H and O–H groups in total. The van der Waals surface area contributed by atoms with E-state index in [1.165, 1.54) is 17.7 Å². The van der Waals surface area contributed by atoms with Crippen molar-refractivity contribution in [3.8, 4) is 5.75 Å². The summed E-state index contributed by atoms with van der Waals surface area (Å²) in [5.74, 6) is 1.06. The van der Waals surface area contributed by atoms with Gasteiger partial charge in [0.15, 0.2) is 0 Å². The number of aryl methyl sites for hydroxylation is 1. The Bertz CT molecular complexity index is 588. The van der Waals surface area contributed by atoms with E-state index in [9.17, 15) is 4.39 Å². The molecule has 0 aromatic heterocycles. The predicted molar refractivity (Wildman–Crippen MR) is 86.5 cm³/mol. The van der Waals surface area contributed by atoms with Crippen LogP contribution in [0.5, 0.6) is 5.75 Å². The first-order valence-electron chi connectivity index (χ1n) is 7.92. The third-order valence-corrected chi connectivity index (χ3v) is 4.25.